The van der Waals surface area contributed by atoms with Gasteiger partial charge in [0, 0.05) is 18.4 Å². The summed E-state index contributed by atoms with van der Waals surface area (Å²) in [4.78, 5) is 4.03. The molecule has 1 aromatic heterocycles. The molecule has 18 heavy (non-hydrogen) atoms. The molecule has 0 aliphatic carbocycles. The molecule has 0 spiro atoms. The highest BCUT2D eigenvalue weighted by Gasteiger charge is 2.04. The Balaban J connectivity index is 1.83. The molecule has 2 nitrogen and oxygen atoms in total. The summed E-state index contributed by atoms with van der Waals surface area (Å²) in [7, 11) is 0. The molecular formula is C16H20N2. The van der Waals surface area contributed by atoms with E-state index in [0.717, 1.165) is 13.0 Å². The Morgan fingerprint density at radius 3 is 2.67 bits per heavy atom. The van der Waals surface area contributed by atoms with Gasteiger partial charge in [-0.05, 0) is 50.1 Å². The predicted molar refractivity (Wildman–Crippen MR) is 75.5 cm³/mol. The SMILES string of the molecule is Cc1cccc([C@H](C)NCCc2ccncc2)c1. The number of benzene rings is 1. The van der Waals surface area contributed by atoms with Crippen LogP contribution in [0.2, 0.25) is 0 Å². The zero-order valence-electron chi connectivity index (χ0n) is 11.1. The van der Waals surface area contributed by atoms with Gasteiger partial charge in [0.15, 0.2) is 0 Å². The Morgan fingerprint density at radius 1 is 1.17 bits per heavy atom. The number of aromatic nitrogens is 1. The first-order valence-electron chi connectivity index (χ1n) is 6.44. The lowest BCUT2D eigenvalue weighted by molar-refractivity contribution is 0.576. The highest BCUT2D eigenvalue weighted by Crippen LogP contribution is 2.13. The van der Waals surface area contributed by atoms with Crippen LogP contribution in [-0.2, 0) is 6.42 Å². The quantitative estimate of drug-likeness (QED) is 0.867. The standard InChI is InChI=1S/C16H20N2/c1-13-4-3-5-16(12-13)14(2)18-11-8-15-6-9-17-10-7-15/h3-7,9-10,12,14,18H,8,11H2,1-2H3/t14-/m0/s1. The van der Waals surface area contributed by atoms with Crippen molar-refractivity contribution < 1.29 is 0 Å². The van der Waals surface area contributed by atoms with Crippen molar-refractivity contribution in [3.63, 3.8) is 0 Å². The lowest BCUT2D eigenvalue weighted by Gasteiger charge is -2.14. The summed E-state index contributed by atoms with van der Waals surface area (Å²) >= 11 is 0. The van der Waals surface area contributed by atoms with Crippen molar-refractivity contribution in [2.45, 2.75) is 26.3 Å². The summed E-state index contributed by atoms with van der Waals surface area (Å²) in [6.45, 7) is 5.33. The van der Waals surface area contributed by atoms with E-state index in [2.05, 4.69) is 60.5 Å². The topological polar surface area (TPSA) is 24.9 Å². The number of aryl methyl sites for hydroxylation is 1. The molecule has 0 saturated heterocycles. The van der Waals surface area contributed by atoms with E-state index in [-0.39, 0.29) is 0 Å². The normalized spacial score (nSPS) is 12.3. The van der Waals surface area contributed by atoms with Gasteiger partial charge in [-0.3, -0.25) is 4.98 Å². The van der Waals surface area contributed by atoms with Crippen molar-refractivity contribution in [1.29, 1.82) is 0 Å². The summed E-state index contributed by atoms with van der Waals surface area (Å²) < 4.78 is 0. The average Bonchev–Trinajstić information content (AvgIpc) is 2.40. The van der Waals surface area contributed by atoms with E-state index in [9.17, 15) is 0 Å². The summed E-state index contributed by atoms with van der Waals surface area (Å²) in [5, 5.41) is 3.55. The van der Waals surface area contributed by atoms with E-state index in [1.54, 1.807) is 0 Å². The van der Waals surface area contributed by atoms with Crippen LogP contribution in [0.3, 0.4) is 0 Å². The minimum Gasteiger partial charge on any atom is -0.310 e. The molecule has 0 aliphatic rings. The Hall–Kier alpha value is -1.67. The van der Waals surface area contributed by atoms with Crippen molar-refractivity contribution >= 4 is 0 Å². The monoisotopic (exact) mass is 240 g/mol. The third-order valence-electron chi connectivity index (χ3n) is 3.16. The fourth-order valence-corrected chi connectivity index (χ4v) is 2.04. The largest absolute Gasteiger partial charge is 0.310 e. The highest BCUT2D eigenvalue weighted by atomic mass is 14.9. The van der Waals surface area contributed by atoms with E-state index >= 15 is 0 Å². The van der Waals surface area contributed by atoms with Gasteiger partial charge in [-0.25, -0.2) is 0 Å². The molecule has 2 rings (SSSR count). The second-order valence-corrected chi connectivity index (χ2v) is 4.70. The Morgan fingerprint density at radius 2 is 1.94 bits per heavy atom. The molecule has 0 unspecified atom stereocenters. The molecule has 2 aromatic rings. The maximum Gasteiger partial charge on any atom is 0.0292 e. The van der Waals surface area contributed by atoms with Crippen LogP contribution in [0.15, 0.2) is 48.8 Å². The van der Waals surface area contributed by atoms with E-state index in [0.29, 0.717) is 6.04 Å². The second-order valence-electron chi connectivity index (χ2n) is 4.70. The average molecular weight is 240 g/mol. The van der Waals surface area contributed by atoms with Crippen molar-refractivity contribution in [3.8, 4) is 0 Å². The minimum atomic E-state index is 0.395. The molecule has 1 aromatic carbocycles. The van der Waals surface area contributed by atoms with Crippen molar-refractivity contribution in [2.75, 3.05) is 6.54 Å². The maximum absolute atomic E-state index is 4.03. The number of hydrogen-bond acceptors (Lipinski definition) is 2. The van der Waals surface area contributed by atoms with Gasteiger partial charge >= 0.3 is 0 Å². The molecule has 0 amide bonds. The third-order valence-corrected chi connectivity index (χ3v) is 3.16. The van der Waals surface area contributed by atoms with Crippen molar-refractivity contribution in [2.24, 2.45) is 0 Å². The summed E-state index contributed by atoms with van der Waals surface area (Å²) in [5.74, 6) is 0. The minimum absolute atomic E-state index is 0.395. The van der Waals surface area contributed by atoms with Gasteiger partial charge in [0.1, 0.15) is 0 Å². The van der Waals surface area contributed by atoms with Gasteiger partial charge in [0.25, 0.3) is 0 Å². The molecule has 0 saturated carbocycles. The zero-order valence-corrected chi connectivity index (χ0v) is 11.1. The molecule has 0 fully saturated rings. The molecule has 0 radical (unpaired) electrons. The first-order valence-corrected chi connectivity index (χ1v) is 6.44. The number of nitrogens with one attached hydrogen (secondary N) is 1. The van der Waals surface area contributed by atoms with Gasteiger partial charge in [0.05, 0.1) is 0 Å². The van der Waals surface area contributed by atoms with E-state index in [1.807, 2.05) is 12.4 Å². The molecule has 1 N–H and O–H groups in total. The maximum atomic E-state index is 4.03. The molecule has 1 atom stereocenters. The van der Waals surface area contributed by atoms with Crippen LogP contribution in [0.1, 0.15) is 29.7 Å². The fraction of sp³-hybridized carbons (Fsp3) is 0.312. The number of rotatable bonds is 5. The lowest BCUT2D eigenvalue weighted by Crippen LogP contribution is -2.21. The highest BCUT2D eigenvalue weighted by molar-refractivity contribution is 5.24. The molecule has 1 heterocycles. The predicted octanol–water partition coefficient (Wildman–Crippen LogP) is 3.28. The molecule has 0 aliphatic heterocycles. The molecule has 2 heteroatoms. The van der Waals surface area contributed by atoms with Crippen LogP contribution >= 0.6 is 0 Å². The molecule has 94 valence electrons. The Kier molecular flexibility index (Phi) is 4.48. The van der Waals surface area contributed by atoms with Gasteiger partial charge < -0.3 is 5.32 Å². The van der Waals surface area contributed by atoms with Crippen molar-refractivity contribution in [3.05, 3.63) is 65.5 Å². The second kappa shape index (κ2) is 6.31. The van der Waals surface area contributed by atoms with Crippen LogP contribution in [0.4, 0.5) is 0 Å². The lowest BCUT2D eigenvalue weighted by atomic mass is 10.1. The van der Waals surface area contributed by atoms with Crippen LogP contribution in [0.5, 0.6) is 0 Å². The molecular weight excluding hydrogens is 220 g/mol. The van der Waals surface area contributed by atoms with Gasteiger partial charge in [-0.1, -0.05) is 29.8 Å². The van der Waals surface area contributed by atoms with Gasteiger partial charge in [0.2, 0.25) is 0 Å². The smallest absolute Gasteiger partial charge is 0.0292 e. The first kappa shape index (κ1) is 12.8. The van der Waals surface area contributed by atoms with E-state index in [4.69, 9.17) is 0 Å². The van der Waals surface area contributed by atoms with Crippen LogP contribution in [0, 0.1) is 6.92 Å². The van der Waals surface area contributed by atoms with Crippen molar-refractivity contribution in [1.82, 2.24) is 10.3 Å². The Bertz CT molecular complexity index is 479. The zero-order chi connectivity index (χ0) is 12.8. The summed E-state index contributed by atoms with van der Waals surface area (Å²) in [6.07, 6.45) is 4.73. The Labute approximate surface area is 109 Å². The van der Waals surface area contributed by atoms with E-state index in [1.165, 1.54) is 16.7 Å². The van der Waals surface area contributed by atoms with Gasteiger partial charge in [-0.15, -0.1) is 0 Å². The van der Waals surface area contributed by atoms with E-state index < -0.39 is 0 Å². The number of pyridine rings is 1. The van der Waals surface area contributed by atoms with Gasteiger partial charge in [-0.2, -0.15) is 0 Å². The third kappa shape index (κ3) is 3.67. The number of hydrogen-bond donors (Lipinski definition) is 1. The fourth-order valence-electron chi connectivity index (χ4n) is 2.04. The summed E-state index contributed by atoms with van der Waals surface area (Å²) in [6, 6.07) is 13.2. The van der Waals surface area contributed by atoms with Crippen LogP contribution < -0.4 is 5.32 Å². The van der Waals surface area contributed by atoms with Crippen LogP contribution in [0.25, 0.3) is 0 Å². The summed E-state index contributed by atoms with van der Waals surface area (Å²) in [5.41, 5.74) is 3.99. The molecule has 0 bridgehead atoms. The first-order chi connectivity index (χ1) is 8.75. The number of nitrogens with zero attached hydrogens (tertiary/aromatic N) is 1. The van der Waals surface area contributed by atoms with Crippen LogP contribution in [-0.4, -0.2) is 11.5 Å².